The van der Waals surface area contributed by atoms with Crippen LogP contribution in [0.4, 0.5) is 4.39 Å². The summed E-state index contributed by atoms with van der Waals surface area (Å²) in [7, 11) is 0. The van der Waals surface area contributed by atoms with Crippen LogP contribution in [0.3, 0.4) is 0 Å². The topological polar surface area (TPSA) is 76.5 Å². The lowest BCUT2D eigenvalue weighted by atomic mass is 10.2. The number of hydrogen-bond donors (Lipinski definition) is 1. The average molecular weight is 245 g/mol. The van der Waals surface area contributed by atoms with Gasteiger partial charge in [0.1, 0.15) is 11.3 Å². The third-order valence-corrected chi connectivity index (χ3v) is 2.57. The molecule has 0 radical (unpaired) electrons. The number of fused-ring (bicyclic) bond motifs is 1. The minimum absolute atomic E-state index is 0.237. The van der Waals surface area contributed by atoms with Crippen molar-refractivity contribution in [2.45, 2.75) is 6.54 Å². The second-order valence-electron chi connectivity index (χ2n) is 3.81. The van der Waals surface area contributed by atoms with Crippen LogP contribution >= 0.6 is 0 Å². The third kappa shape index (κ3) is 1.75. The summed E-state index contributed by atoms with van der Waals surface area (Å²) in [5.41, 5.74) is 1.20. The Hall–Kier alpha value is -2.57. The molecule has 0 atom stereocenters. The van der Waals surface area contributed by atoms with E-state index < -0.39 is 0 Å². The van der Waals surface area contributed by atoms with Gasteiger partial charge in [-0.15, -0.1) is 5.10 Å². The number of hydrogen-bond acceptors (Lipinski definition) is 4. The number of rotatable bonds is 2. The van der Waals surface area contributed by atoms with Crippen molar-refractivity contribution in [1.82, 2.24) is 25.2 Å². The smallest absolute Gasteiger partial charge is 0.271 e. The van der Waals surface area contributed by atoms with Crippen molar-refractivity contribution in [1.29, 1.82) is 0 Å². The summed E-state index contributed by atoms with van der Waals surface area (Å²) in [5.74, 6) is -0.318. The van der Waals surface area contributed by atoms with Crippen molar-refractivity contribution in [2.75, 3.05) is 0 Å². The Balaban J connectivity index is 2.02. The zero-order chi connectivity index (χ0) is 12.5. The van der Waals surface area contributed by atoms with Gasteiger partial charge in [0, 0.05) is 0 Å². The Bertz CT molecular complexity index is 746. The molecule has 0 bridgehead atoms. The summed E-state index contributed by atoms with van der Waals surface area (Å²) < 4.78 is 14.0. The van der Waals surface area contributed by atoms with Crippen LogP contribution in [0.2, 0.25) is 0 Å². The molecule has 0 fully saturated rings. The standard InChI is InChI=1S/C11H8FN5O/c12-8-3-1-7(2-4-8)6-17-11(18)10-9(14-16-17)5-13-15-10/h1-5H,6H2,(H,13,15). The molecule has 3 rings (SSSR count). The summed E-state index contributed by atoms with van der Waals surface area (Å²) in [4.78, 5) is 12.0. The molecule has 90 valence electrons. The van der Waals surface area contributed by atoms with Gasteiger partial charge in [-0.3, -0.25) is 9.89 Å². The van der Waals surface area contributed by atoms with E-state index in [0.717, 1.165) is 5.56 Å². The fourth-order valence-corrected chi connectivity index (χ4v) is 1.65. The molecule has 0 spiro atoms. The zero-order valence-corrected chi connectivity index (χ0v) is 9.17. The molecular formula is C11H8FN5O. The van der Waals surface area contributed by atoms with Crippen molar-refractivity contribution >= 4 is 11.0 Å². The molecule has 7 heteroatoms. The van der Waals surface area contributed by atoms with Gasteiger partial charge in [0.05, 0.1) is 12.7 Å². The van der Waals surface area contributed by atoms with Crippen LogP contribution in [0.1, 0.15) is 5.56 Å². The van der Waals surface area contributed by atoms with E-state index >= 15 is 0 Å². The first-order valence-electron chi connectivity index (χ1n) is 5.25. The first kappa shape index (κ1) is 10.6. The number of aromatic amines is 1. The van der Waals surface area contributed by atoms with Gasteiger partial charge in [0.25, 0.3) is 5.56 Å². The van der Waals surface area contributed by atoms with Crippen molar-refractivity contribution in [3.05, 3.63) is 52.2 Å². The molecule has 0 unspecified atom stereocenters. The quantitative estimate of drug-likeness (QED) is 0.721. The molecule has 6 nitrogen and oxygen atoms in total. The second-order valence-corrected chi connectivity index (χ2v) is 3.81. The van der Waals surface area contributed by atoms with E-state index in [1.54, 1.807) is 12.1 Å². The molecule has 1 aromatic carbocycles. The fraction of sp³-hybridized carbons (Fsp3) is 0.0909. The molecule has 1 N–H and O–H groups in total. The second kappa shape index (κ2) is 4.02. The minimum atomic E-state index is -0.318. The molecule has 0 aliphatic carbocycles. The van der Waals surface area contributed by atoms with E-state index in [9.17, 15) is 9.18 Å². The van der Waals surface area contributed by atoms with Crippen LogP contribution in [-0.4, -0.2) is 25.2 Å². The normalized spacial score (nSPS) is 10.9. The lowest BCUT2D eigenvalue weighted by Crippen LogP contribution is -2.24. The molecular weight excluding hydrogens is 237 g/mol. The highest BCUT2D eigenvalue weighted by molar-refractivity contribution is 5.70. The molecule has 0 aliphatic heterocycles. The number of nitrogens with one attached hydrogen (secondary N) is 1. The summed E-state index contributed by atoms with van der Waals surface area (Å²) in [6, 6.07) is 5.87. The highest BCUT2D eigenvalue weighted by Gasteiger charge is 2.07. The monoisotopic (exact) mass is 245 g/mol. The fourth-order valence-electron chi connectivity index (χ4n) is 1.65. The van der Waals surface area contributed by atoms with Crippen molar-refractivity contribution in [3.8, 4) is 0 Å². The van der Waals surface area contributed by atoms with Gasteiger partial charge >= 0.3 is 0 Å². The first-order valence-corrected chi connectivity index (χ1v) is 5.25. The van der Waals surface area contributed by atoms with E-state index in [0.29, 0.717) is 11.0 Å². The van der Waals surface area contributed by atoms with Crippen LogP contribution in [0.15, 0.2) is 35.3 Å². The van der Waals surface area contributed by atoms with Crippen molar-refractivity contribution < 1.29 is 4.39 Å². The first-order chi connectivity index (χ1) is 8.74. The van der Waals surface area contributed by atoms with Crippen molar-refractivity contribution in [2.24, 2.45) is 0 Å². The Morgan fingerprint density at radius 3 is 2.83 bits per heavy atom. The molecule has 0 aliphatic rings. The predicted octanol–water partition coefficient (Wildman–Crippen LogP) is 0.702. The SMILES string of the molecule is O=c1c2[nH]ncc2nnn1Cc1ccc(F)cc1. The maximum Gasteiger partial charge on any atom is 0.295 e. The number of nitrogens with zero attached hydrogens (tertiary/aromatic N) is 4. The van der Waals surface area contributed by atoms with E-state index in [1.165, 1.54) is 23.0 Å². The van der Waals surface area contributed by atoms with Crippen LogP contribution in [-0.2, 0) is 6.54 Å². The van der Waals surface area contributed by atoms with Gasteiger partial charge in [-0.25, -0.2) is 9.07 Å². The predicted molar refractivity (Wildman–Crippen MR) is 61.4 cm³/mol. The largest absolute Gasteiger partial charge is 0.295 e. The number of H-pyrrole nitrogens is 1. The van der Waals surface area contributed by atoms with E-state index in [-0.39, 0.29) is 17.9 Å². The van der Waals surface area contributed by atoms with Crippen LogP contribution in [0.5, 0.6) is 0 Å². The Morgan fingerprint density at radius 2 is 2.06 bits per heavy atom. The Morgan fingerprint density at radius 1 is 1.28 bits per heavy atom. The molecule has 2 aromatic heterocycles. The van der Waals surface area contributed by atoms with E-state index in [4.69, 9.17) is 0 Å². The number of halogens is 1. The molecule has 0 saturated heterocycles. The van der Waals surface area contributed by atoms with E-state index in [2.05, 4.69) is 20.5 Å². The maximum atomic E-state index is 12.8. The molecule has 0 saturated carbocycles. The summed E-state index contributed by atoms with van der Waals surface area (Å²) >= 11 is 0. The Labute approximate surface area is 100 Å². The molecule has 2 heterocycles. The lowest BCUT2D eigenvalue weighted by molar-refractivity contribution is 0.595. The average Bonchev–Trinajstić information content (AvgIpc) is 2.84. The zero-order valence-electron chi connectivity index (χ0n) is 9.17. The van der Waals surface area contributed by atoms with Gasteiger partial charge in [0.15, 0.2) is 5.52 Å². The van der Waals surface area contributed by atoms with Gasteiger partial charge in [-0.1, -0.05) is 17.3 Å². The summed E-state index contributed by atoms with van der Waals surface area (Å²) in [6.45, 7) is 0.237. The minimum Gasteiger partial charge on any atom is -0.271 e. The summed E-state index contributed by atoms with van der Waals surface area (Å²) in [6.07, 6.45) is 1.44. The molecule has 3 aromatic rings. The van der Waals surface area contributed by atoms with Gasteiger partial charge in [-0.2, -0.15) is 5.10 Å². The highest BCUT2D eigenvalue weighted by atomic mass is 19.1. The molecule has 18 heavy (non-hydrogen) atoms. The van der Waals surface area contributed by atoms with Crippen LogP contribution < -0.4 is 5.56 Å². The third-order valence-electron chi connectivity index (χ3n) is 2.57. The highest BCUT2D eigenvalue weighted by Crippen LogP contribution is 2.04. The van der Waals surface area contributed by atoms with Crippen LogP contribution in [0.25, 0.3) is 11.0 Å². The lowest BCUT2D eigenvalue weighted by Gasteiger charge is -2.03. The van der Waals surface area contributed by atoms with Gasteiger partial charge < -0.3 is 0 Å². The Kier molecular flexibility index (Phi) is 2.36. The van der Waals surface area contributed by atoms with Crippen LogP contribution in [0, 0.1) is 5.82 Å². The molecule has 0 amide bonds. The maximum absolute atomic E-state index is 12.8. The number of aromatic nitrogens is 5. The van der Waals surface area contributed by atoms with E-state index in [1.807, 2.05) is 0 Å². The number of benzene rings is 1. The van der Waals surface area contributed by atoms with Gasteiger partial charge in [0.2, 0.25) is 0 Å². The van der Waals surface area contributed by atoms with Crippen molar-refractivity contribution in [3.63, 3.8) is 0 Å². The summed E-state index contributed by atoms with van der Waals surface area (Å²) in [5, 5.41) is 14.0. The van der Waals surface area contributed by atoms with Gasteiger partial charge in [-0.05, 0) is 17.7 Å².